The molecule has 0 aromatic carbocycles. The van der Waals surface area contributed by atoms with Gasteiger partial charge >= 0.3 is 17.9 Å². The number of ether oxygens (including phenoxy) is 3. The van der Waals surface area contributed by atoms with Crippen LogP contribution in [0, 0.1) is 0 Å². The molecule has 462 valence electrons. The zero-order valence-corrected chi connectivity index (χ0v) is 53.1. The minimum Gasteiger partial charge on any atom is -0.462 e. The van der Waals surface area contributed by atoms with Crippen LogP contribution in [0.2, 0.25) is 0 Å². The Morgan fingerprint density at radius 2 is 0.500 bits per heavy atom. The van der Waals surface area contributed by atoms with Crippen molar-refractivity contribution < 1.29 is 28.6 Å². The number of hydrogen-bond donors (Lipinski definition) is 0. The highest BCUT2D eigenvalue weighted by atomic mass is 16.6. The van der Waals surface area contributed by atoms with E-state index >= 15 is 0 Å². The minimum atomic E-state index is -0.804. The molecule has 0 N–H and O–H groups in total. The normalized spacial score (nSPS) is 12.6. The second-order valence-corrected chi connectivity index (χ2v) is 23.1. The van der Waals surface area contributed by atoms with Crippen LogP contribution in [0.15, 0.2) is 85.1 Å². The van der Waals surface area contributed by atoms with Crippen LogP contribution in [-0.2, 0) is 28.6 Å². The maximum Gasteiger partial charge on any atom is 0.306 e. The Bertz CT molecular complexity index is 1520. The van der Waals surface area contributed by atoms with Gasteiger partial charge in [-0.15, -0.1) is 0 Å². The van der Waals surface area contributed by atoms with Gasteiger partial charge in [0.1, 0.15) is 13.2 Å². The molecular formula is C74H130O6. The van der Waals surface area contributed by atoms with Crippen LogP contribution in [0.1, 0.15) is 348 Å². The van der Waals surface area contributed by atoms with Crippen molar-refractivity contribution in [1.29, 1.82) is 0 Å². The van der Waals surface area contributed by atoms with E-state index in [1.54, 1.807) is 0 Å². The van der Waals surface area contributed by atoms with Crippen LogP contribution < -0.4 is 0 Å². The maximum absolute atomic E-state index is 12.9. The number of carbonyl (C=O) groups excluding carboxylic acids is 3. The number of unbranched alkanes of at least 4 members (excludes halogenated alkanes) is 38. The molecule has 1 atom stereocenters. The second kappa shape index (κ2) is 68.1. The van der Waals surface area contributed by atoms with E-state index in [0.29, 0.717) is 19.3 Å². The van der Waals surface area contributed by atoms with E-state index in [-0.39, 0.29) is 37.5 Å². The van der Waals surface area contributed by atoms with Gasteiger partial charge in [-0.3, -0.25) is 14.4 Å². The molecule has 0 bridgehead atoms. The average molecular weight is 1120 g/mol. The topological polar surface area (TPSA) is 78.9 Å². The lowest BCUT2D eigenvalue weighted by Gasteiger charge is -2.18. The summed E-state index contributed by atoms with van der Waals surface area (Å²) in [6, 6.07) is 0. The number of hydrogen-bond acceptors (Lipinski definition) is 6. The highest BCUT2D eigenvalue weighted by Gasteiger charge is 2.19. The van der Waals surface area contributed by atoms with Gasteiger partial charge in [-0.2, -0.15) is 0 Å². The van der Waals surface area contributed by atoms with Crippen LogP contribution in [0.5, 0.6) is 0 Å². The number of esters is 3. The summed E-state index contributed by atoms with van der Waals surface area (Å²) in [5.41, 5.74) is 0. The Hall–Kier alpha value is -3.41. The zero-order chi connectivity index (χ0) is 57.8. The van der Waals surface area contributed by atoms with E-state index in [1.165, 1.54) is 199 Å². The first-order valence-corrected chi connectivity index (χ1v) is 34.6. The van der Waals surface area contributed by atoms with Gasteiger partial charge in [-0.1, -0.05) is 305 Å². The van der Waals surface area contributed by atoms with Crippen molar-refractivity contribution in [3.05, 3.63) is 85.1 Å². The average Bonchev–Trinajstić information content (AvgIpc) is 3.46. The molecule has 0 saturated carbocycles. The summed E-state index contributed by atoms with van der Waals surface area (Å²) in [7, 11) is 0. The zero-order valence-electron chi connectivity index (χ0n) is 53.1. The lowest BCUT2D eigenvalue weighted by Crippen LogP contribution is -2.30. The van der Waals surface area contributed by atoms with Crippen LogP contribution in [-0.4, -0.2) is 37.2 Å². The van der Waals surface area contributed by atoms with Gasteiger partial charge in [0, 0.05) is 19.3 Å². The first-order valence-electron chi connectivity index (χ1n) is 34.6. The van der Waals surface area contributed by atoms with Crippen molar-refractivity contribution in [2.24, 2.45) is 0 Å². The maximum atomic E-state index is 12.9. The number of rotatable bonds is 63. The van der Waals surface area contributed by atoms with Gasteiger partial charge < -0.3 is 14.2 Å². The summed E-state index contributed by atoms with van der Waals surface area (Å²) < 4.78 is 16.9. The predicted molar refractivity (Wildman–Crippen MR) is 348 cm³/mol. The summed E-state index contributed by atoms with van der Waals surface area (Å²) >= 11 is 0. The molecule has 0 aliphatic carbocycles. The molecule has 1 unspecified atom stereocenters. The summed E-state index contributed by atoms with van der Waals surface area (Å²) in [6.07, 6.45) is 90.6. The predicted octanol–water partition coefficient (Wildman–Crippen LogP) is 23.8. The molecular weight excluding hydrogens is 985 g/mol. The lowest BCUT2D eigenvalue weighted by molar-refractivity contribution is -0.167. The van der Waals surface area contributed by atoms with Gasteiger partial charge in [0.05, 0.1) is 0 Å². The van der Waals surface area contributed by atoms with Crippen molar-refractivity contribution in [2.75, 3.05) is 13.2 Å². The van der Waals surface area contributed by atoms with Crippen molar-refractivity contribution >= 4 is 17.9 Å². The molecule has 0 amide bonds. The Labute approximate surface area is 496 Å². The van der Waals surface area contributed by atoms with Crippen molar-refractivity contribution in [1.82, 2.24) is 0 Å². The monoisotopic (exact) mass is 1110 g/mol. The van der Waals surface area contributed by atoms with Crippen LogP contribution in [0.3, 0.4) is 0 Å². The summed E-state index contributed by atoms with van der Waals surface area (Å²) in [5, 5.41) is 0. The smallest absolute Gasteiger partial charge is 0.306 e. The number of carbonyl (C=O) groups is 3. The van der Waals surface area contributed by atoms with E-state index < -0.39 is 6.10 Å². The van der Waals surface area contributed by atoms with Crippen molar-refractivity contribution in [3.63, 3.8) is 0 Å². The quantitative estimate of drug-likeness (QED) is 0.0261. The Morgan fingerprint density at radius 1 is 0.263 bits per heavy atom. The minimum absolute atomic E-state index is 0.0955. The summed E-state index contributed by atoms with van der Waals surface area (Å²) in [6.45, 7) is 6.47. The van der Waals surface area contributed by atoms with Crippen molar-refractivity contribution in [3.8, 4) is 0 Å². The molecule has 0 aliphatic rings. The van der Waals surface area contributed by atoms with Gasteiger partial charge in [0.2, 0.25) is 0 Å². The van der Waals surface area contributed by atoms with E-state index in [2.05, 4.69) is 106 Å². The number of allylic oxidation sites excluding steroid dienone is 14. The Balaban J connectivity index is 4.15. The highest BCUT2D eigenvalue weighted by molar-refractivity contribution is 5.71. The van der Waals surface area contributed by atoms with E-state index in [0.717, 1.165) is 103 Å². The third-order valence-electron chi connectivity index (χ3n) is 15.1. The fourth-order valence-electron chi connectivity index (χ4n) is 9.92. The molecule has 0 aromatic heterocycles. The molecule has 0 saturated heterocycles. The van der Waals surface area contributed by atoms with E-state index in [4.69, 9.17) is 14.2 Å². The molecule has 0 aliphatic heterocycles. The third kappa shape index (κ3) is 65.4. The third-order valence-corrected chi connectivity index (χ3v) is 15.1. The molecule has 0 aromatic rings. The molecule has 6 heteroatoms. The van der Waals surface area contributed by atoms with Crippen molar-refractivity contribution in [2.45, 2.75) is 354 Å². The first kappa shape index (κ1) is 76.6. The molecule has 0 rings (SSSR count). The second-order valence-electron chi connectivity index (χ2n) is 23.1. The molecule has 6 nitrogen and oxygen atoms in total. The highest BCUT2D eigenvalue weighted by Crippen LogP contribution is 2.17. The fraction of sp³-hybridized carbons (Fsp3) is 0.770. The lowest BCUT2D eigenvalue weighted by atomic mass is 10.0. The van der Waals surface area contributed by atoms with Crippen LogP contribution in [0.4, 0.5) is 0 Å². The largest absolute Gasteiger partial charge is 0.462 e. The summed E-state index contributed by atoms with van der Waals surface area (Å²) in [5.74, 6) is -0.939. The fourth-order valence-corrected chi connectivity index (χ4v) is 9.92. The van der Waals surface area contributed by atoms with Gasteiger partial charge in [0.25, 0.3) is 0 Å². The Morgan fingerprint density at radius 3 is 0.838 bits per heavy atom. The SMILES string of the molecule is CC/C=C\C/C=C\C/C=C\C/C=C\CCCCC(=O)OC(COC(=O)CCCCCCC/C=C\C/C=C\CCCC)COC(=O)CCCCCCCCCCCCCCCCCCCCCCC/C=C\CCCCCCCCCC. The summed E-state index contributed by atoms with van der Waals surface area (Å²) in [4.78, 5) is 38.3. The van der Waals surface area contributed by atoms with Gasteiger partial charge in [-0.25, -0.2) is 0 Å². The molecule has 0 spiro atoms. The molecule has 80 heavy (non-hydrogen) atoms. The molecule has 0 fully saturated rings. The van der Waals surface area contributed by atoms with Crippen LogP contribution in [0.25, 0.3) is 0 Å². The molecule has 0 heterocycles. The first-order chi connectivity index (χ1) is 39.5. The Kier molecular flexibility index (Phi) is 65.2. The van der Waals surface area contributed by atoms with Gasteiger partial charge in [-0.05, 0) is 109 Å². The molecule has 0 radical (unpaired) electrons. The van der Waals surface area contributed by atoms with E-state index in [1.807, 2.05) is 0 Å². The van der Waals surface area contributed by atoms with Crippen LogP contribution >= 0.6 is 0 Å². The van der Waals surface area contributed by atoms with E-state index in [9.17, 15) is 14.4 Å². The van der Waals surface area contributed by atoms with Gasteiger partial charge in [0.15, 0.2) is 6.10 Å². The standard InChI is InChI=1S/C74H130O6/c1-4-7-10-13-16-19-22-25-28-29-30-31-32-33-34-35-36-37-38-39-40-41-42-43-44-45-47-49-52-55-58-61-64-67-73(76)79-70-71(69-78-72(75)66-63-60-57-54-51-48-27-24-21-18-15-12-9-6-3)80-74(77)68-65-62-59-56-53-50-46-26-23-20-17-14-11-8-5-2/h8,11,15,17-18,20,24,26-27,29-30,46,53,56,71H,4-7,9-10,12-14,16,19,21-23,25,28,31-45,47-52,54-55,57-70H2,1-3H3/b11-8-,18-15-,20-17-,27-24-,30-29-,46-26-,56-53-.